The first-order valence-electron chi connectivity index (χ1n) is 2.33. The summed E-state index contributed by atoms with van der Waals surface area (Å²) in [4.78, 5) is 0.991. The second-order valence-electron chi connectivity index (χ2n) is 1.92. The molecule has 0 aliphatic carbocycles. The van der Waals surface area contributed by atoms with Gasteiger partial charge in [-0.2, -0.15) is 0 Å². The molecule has 9 heavy (non-hydrogen) atoms. The highest BCUT2D eigenvalue weighted by molar-refractivity contribution is 6.20. The summed E-state index contributed by atoms with van der Waals surface area (Å²) < 4.78 is 0. The standard InChI is InChI=1S/C4H10ClNO3/c1-6(2)4(8,9)3(5)7/h3,7-9H,1-2H3. The van der Waals surface area contributed by atoms with Gasteiger partial charge >= 0.3 is 0 Å². The van der Waals surface area contributed by atoms with Crippen LogP contribution in [0.5, 0.6) is 0 Å². The third-order valence-electron chi connectivity index (χ3n) is 0.978. The van der Waals surface area contributed by atoms with Crippen LogP contribution >= 0.6 is 11.6 Å². The van der Waals surface area contributed by atoms with Crippen LogP contribution in [0.15, 0.2) is 0 Å². The molecule has 0 aliphatic heterocycles. The molecule has 0 aliphatic rings. The normalized spacial score (nSPS) is 16.3. The number of hydrogen-bond acceptors (Lipinski definition) is 4. The fourth-order valence-electron chi connectivity index (χ4n) is 0.213. The van der Waals surface area contributed by atoms with Crippen molar-refractivity contribution in [3.63, 3.8) is 0 Å². The first-order chi connectivity index (χ1) is 3.89. The fraction of sp³-hybridized carbons (Fsp3) is 1.00. The van der Waals surface area contributed by atoms with Crippen LogP contribution in [0.3, 0.4) is 0 Å². The van der Waals surface area contributed by atoms with Crippen molar-refractivity contribution in [2.75, 3.05) is 14.1 Å². The maximum Gasteiger partial charge on any atom is 0.266 e. The molecule has 5 heteroatoms. The minimum Gasteiger partial charge on any atom is -0.371 e. The van der Waals surface area contributed by atoms with Gasteiger partial charge in [0.2, 0.25) is 0 Å². The topological polar surface area (TPSA) is 63.9 Å². The lowest BCUT2D eigenvalue weighted by molar-refractivity contribution is -0.279. The smallest absolute Gasteiger partial charge is 0.266 e. The van der Waals surface area contributed by atoms with Crippen molar-refractivity contribution in [2.45, 2.75) is 11.5 Å². The minimum atomic E-state index is -2.35. The molecule has 0 spiro atoms. The summed E-state index contributed by atoms with van der Waals surface area (Å²) in [6, 6.07) is 0. The molecule has 0 saturated carbocycles. The lowest BCUT2D eigenvalue weighted by Crippen LogP contribution is -2.51. The number of rotatable bonds is 2. The van der Waals surface area contributed by atoms with Gasteiger partial charge in [0.15, 0.2) is 5.56 Å². The second-order valence-corrected chi connectivity index (χ2v) is 2.33. The number of hydrogen-bond donors (Lipinski definition) is 3. The van der Waals surface area contributed by atoms with Crippen LogP contribution in [0.4, 0.5) is 0 Å². The van der Waals surface area contributed by atoms with Crippen LogP contribution in [0.1, 0.15) is 0 Å². The van der Waals surface area contributed by atoms with Crippen LogP contribution < -0.4 is 0 Å². The summed E-state index contributed by atoms with van der Waals surface area (Å²) in [5.74, 6) is -2.35. The van der Waals surface area contributed by atoms with E-state index in [1.807, 2.05) is 0 Å². The van der Waals surface area contributed by atoms with Crippen molar-refractivity contribution < 1.29 is 15.3 Å². The van der Waals surface area contributed by atoms with Crippen LogP contribution in [0, 0.1) is 0 Å². The van der Waals surface area contributed by atoms with Crippen molar-refractivity contribution in [1.29, 1.82) is 0 Å². The molecule has 0 aromatic rings. The molecule has 1 atom stereocenters. The number of alkyl halides is 1. The number of nitrogens with zero attached hydrogens (tertiary/aromatic N) is 1. The van der Waals surface area contributed by atoms with Crippen molar-refractivity contribution in [3.8, 4) is 0 Å². The molecule has 0 rings (SSSR count). The minimum absolute atomic E-state index is 0.991. The third-order valence-corrected chi connectivity index (χ3v) is 1.27. The molecule has 0 heterocycles. The monoisotopic (exact) mass is 155 g/mol. The van der Waals surface area contributed by atoms with Gasteiger partial charge in [0.1, 0.15) is 0 Å². The molecule has 4 nitrogen and oxygen atoms in total. The molecule has 3 N–H and O–H groups in total. The average molecular weight is 156 g/mol. The Labute approximate surface area is 58.3 Å². The van der Waals surface area contributed by atoms with Crippen LogP contribution in [0.2, 0.25) is 0 Å². The number of likely N-dealkylation sites (N-methyl/N-ethyl adjacent to an activating group) is 1. The first kappa shape index (κ1) is 9.13. The Morgan fingerprint density at radius 2 is 1.78 bits per heavy atom. The zero-order valence-electron chi connectivity index (χ0n) is 5.24. The van der Waals surface area contributed by atoms with E-state index in [0.717, 1.165) is 4.90 Å². The molecule has 0 amide bonds. The van der Waals surface area contributed by atoms with Gasteiger partial charge in [-0.3, -0.25) is 4.90 Å². The Bertz CT molecular complexity index is 83.8. The largest absolute Gasteiger partial charge is 0.371 e. The van der Waals surface area contributed by atoms with E-state index >= 15 is 0 Å². The van der Waals surface area contributed by atoms with Crippen molar-refractivity contribution in [1.82, 2.24) is 4.90 Å². The number of halogens is 1. The van der Waals surface area contributed by atoms with E-state index in [2.05, 4.69) is 0 Å². The van der Waals surface area contributed by atoms with Crippen LogP contribution in [-0.2, 0) is 0 Å². The van der Waals surface area contributed by atoms with E-state index in [0.29, 0.717) is 0 Å². The van der Waals surface area contributed by atoms with Crippen molar-refractivity contribution in [2.24, 2.45) is 0 Å². The highest BCUT2D eigenvalue weighted by atomic mass is 35.5. The fourth-order valence-corrected chi connectivity index (χ4v) is 0.408. The Morgan fingerprint density at radius 1 is 1.44 bits per heavy atom. The molecule has 0 aromatic carbocycles. The van der Waals surface area contributed by atoms with E-state index in [1.165, 1.54) is 14.1 Å². The van der Waals surface area contributed by atoms with Gasteiger partial charge < -0.3 is 15.3 Å². The Hall–Kier alpha value is 0.130. The Morgan fingerprint density at radius 3 is 1.78 bits per heavy atom. The van der Waals surface area contributed by atoms with Gasteiger partial charge in [-0.1, -0.05) is 11.6 Å². The van der Waals surface area contributed by atoms with Gasteiger partial charge in [-0.15, -0.1) is 0 Å². The summed E-state index contributed by atoms with van der Waals surface area (Å²) in [5.41, 5.74) is -1.70. The quantitative estimate of drug-likeness (QED) is 0.344. The lowest BCUT2D eigenvalue weighted by Gasteiger charge is -2.29. The number of aliphatic hydroxyl groups is 3. The molecule has 1 unspecified atom stereocenters. The summed E-state index contributed by atoms with van der Waals surface area (Å²) >= 11 is 4.98. The van der Waals surface area contributed by atoms with E-state index in [4.69, 9.17) is 26.9 Å². The van der Waals surface area contributed by atoms with Gasteiger partial charge in [0.05, 0.1) is 0 Å². The van der Waals surface area contributed by atoms with Gasteiger partial charge in [-0.25, -0.2) is 0 Å². The molecule has 56 valence electrons. The van der Waals surface area contributed by atoms with Gasteiger partial charge in [-0.05, 0) is 14.1 Å². The number of aliphatic hydroxyl groups excluding tert-OH is 1. The zero-order chi connectivity index (χ0) is 7.65. The van der Waals surface area contributed by atoms with Crippen molar-refractivity contribution >= 4 is 11.6 Å². The van der Waals surface area contributed by atoms with Crippen LogP contribution in [-0.4, -0.2) is 45.8 Å². The van der Waals surface area contributed by atoms with Gasteiger partial charge in [0, 0.05) is 0 Å². The zero-order valence-corrected chi connectivity index (χ0v) is 6.00. The lowest BCUT2D eigenvalue weighted by atomic mass is 10.5. The van der Waals surface area contributed by atoms with Crippen LogP contribution in [0.25, 0.3) is 0 Å². The maximum absolute atomic E-state index is 8.77. The summed E-state index contributed by atoms with van der Waals surface area (Å²) in [7, 11) is 2.76. The van der Waals surface area contributed by atoms with E-state index in [1.54, 1.807) is 0 Å². The van der Waals surface area contributed by atoms with Crippen molar-refractivity contribution in [3.05, 3.63) is 0 Å². The maximum atomic E-state index is 8.77. The molecular formula is C4H10ClNO3. The summed E-state index contributed by atoms with van der Waals surface area (Å²) in [5, 5.41) is 26.0. The molecule has 0 bridgehead atoms. The van der Waals surface area contributed by atoms with E-state index < -0.39 is 11.5 Å². The highest BCUT2D eigenvalue weighted by Gasteiger charge is 2.33. The second kappa shape index (κ2) is 2.81. The molecule has 0 radical (unpaired) electrons. The molecule has 0 fully saturated rings. The summed E-state index contributed by atoms with van der Waals surface area (Å²) in [6.45, 7) is 0. The predicted molar refractivity (Wildman–Crippen MR) is 32.7 cm³/mol. The van der Waals surface area contributed by atoms with Gasteiger partial charge in [0.25, 0.3) is 5.91 Å². The SMILES string of the molecule is CN(C)C(O)(O)C(O)Cl. The molecule has 0 aromatic heterocycles. The third kappa shape index (κ3) is 2.08. The van der Waals surface area contributed by atoms with E-state index in [-0.39, 0.29) is 0 Å². The molecular weight excluding hydrogens is 146 g/mol. The Kier molecular flexibility index (Phi) is 2.85. The average Bonchev–Trinajstić information content (AvgIpc) is 1.65. The first-order valence-corrected chi connectivity index (χ1v) is 2.77. The Balaban J connectivity index is 4.01. The predicted octanol–water partition coefficient (Wildman–Crippen LogP) is -1.26. The molecule has 0 saturated heterocycles. The van der Waals surface area contributed by atoms with E-state index in [9.17, 15) is 0 Å². The highest BCUT2D eigenvalue weighted by Crippen LogP contribution is 2.11. The summed E-state index contributed by atoms with van der Waals surface area (Å²) in [6.07, 6.45) is 0.